The van der Waals surface area contributed by atoms with Crippen LogP contribution in [0, 0.1) is 12.3 Å². The molecule has 1 fully saturated rings. The van der Waals surface area contributed by atoms with Crippen LogP contribution in [0.5, 0.6) is 0 Å². The lowest BCUT2D eigenvalue weighted by atomic mass is 10.2. The van der Waals surface area contributed by atoms with Gasteiger partial charge in [-0.3, -0.25) is 0 Å². The lowest BCUT2D eigenvalue weighted by Gasteiger charge is -2.17. The first kappa shape index (κ1) is 18.5. The Kier molecular flexibility index (Phi) is 7.16. The molecule has 0 amide bonds. The summed E-state index contributed by atoms with van der Waals surface area (Å²) in [6, 6.07) is 9.99. The summed E-state index contributed by atoms with van der Waals surface area (Å²) >= 11 is 0. The average Bonchev–Trinajstić information content (AvgIpc) is 3.38. The maximum atomic E-state index is 5.98. The van der Waals surface area contributed by atoms with Crippen LogP contribution in [0.15, 0.2) is 36.5 Å². The van der Waals surface area contributed by atoms with Crippen molar-refractivity contribution in [1.29, 1.82) is 0 Å². The van der Waals surface area contributed by atoms with Crippen molar-refractivity contribution >= 4 is 0 Å². The second kappa shape index (κ2) is 10.0. The summed E-state index contributed by atoms with van der Waals surface area (Å²) < 4.78 is 23.8. The van der Waals surface area contributed by atoms with Gasteiger partial charge in [-0.2, -0.15) is 0 Å². The maximum absolute atomic E-state index is 5.98. The summed E-state index contributed by atoms with van der Waals surface area (Å²) in [6.45, 7) is 3.46. The molecule has 1 saturated heterocycles. The van der Waals surface area contributed by atoms with Gasteiger partial charge in [-0.1, -0.05) is 41.5 Å². The molecule has 138 valence electrons. The van der Waals surface area contributed by atoms with E-state index in [1.807, 2.05) is 36.5 Å². The fourth-order valence-electron chi connectivity index (χ4n) is 2.35. The average molecular weight is 357 g/mol. The molecule has 3 rings (SSSR count). The largest absolute Gasteiger partial charge is 0.372 e. The van der Waals surface area contributed by atoms with Crippen molar-refractivity contribution in [3.05, 3.63) is 47.8 Å². The maximum Gasteiger partial charge on any atom is 0.108 e. The first-order chi connectivity index (χ1) is 12.8. The molecule has 0 bridgehead atoms. The smallest absolute Gasteiger partial charge is 0.108 e. The number of aromatic nitrogens is 3. The minimum Gasteiger partial charge on any atom is -0.372 e. The molecule has 2 atom stereocenters. The molecule has 0 unspecified atom stereocenters. The molecule has 7 nitrogen and oxygen atoms in total. The Morgan fingerprint density at radius 3 is 2.88 bits per heavy atom. The van der Waals surface area contributed by atoms with Crippen LogP contribution in [0.1, 0.15) is 11.3 Å². The molecule has 0 aliphatic carbocycles. The highest BCUT2D eigenvalue weighted by atomic mass is 16.6. The highest BCUT2D eigenvalue weighted by Crippen LogP contribution is 2.10. The van der Waals surface area contributed by atoms with Gasteiger partial charge in [0.05, 0.1) is 45.8 Å². The highest BCUT2D eigenvalue weighted by molar-refractivity contribution is 5.13. The summed E-state index contributed by atoms with van der Waals surface area (Å²) in [6.07, 6.45) is 7.16. The normalized spacial score (nSPS) is 17.0. The fraction of sp³-hybridized carbons (Fsp3) is 0.474. The molecule has 0 N–H and O–H groups in total. The highest BCUT2D eigenvalue weighted by Gasteiger charge is 2.22. The van der Waals surface area contributed by atoms with Crippen LogP contribution in [0.25, 0.3) is 0 Å². The van der Waals surface area contributed by atoms with Crippen LogP contribution in [-0.4, -0.2) is 53.6 Å². The van der Waals surface area contributed by atoms with E-state index in [9.17, 15) is 0 Å². The van der Waals surface area contributed by atoms with Crippen LogP contribution >= 0.6 is 0 Å². The van der Waals surface area contributed by atoms with E-state index in [-0.39, 0.29) is 18.8 Å². The molecular weight excluding hydrogens is 334 g/mol. The van der Waals surface area contributed by atoms with E-state index >= 15 is 0 Å². The summed E-state index contributed by atoms with van der Waals surface area (Å²) in [4.78, 5) is 0. The van der Waals surface area contributed by atoms with Crippen molar-refractivity contribution in [2.24, 2.45) is 0 Å². The molecule has 1 aliphatic heterocycles. The van der Waals surface area contributed by atoms with E-state index in [0.717, 1.165) is 17.9 Å². The van der Waals surface area contributed by atoms with Crippen LogP contribution in [0.4, 0.5) is 0 Å². The third kappa shape index (κ3) is 6.58. The number of hydrogen-bond donors (Lipinski definition) is 0. The predicted octanol–water partition coefficient (Wildman–Crippen LogP) is 1.43. The molecule has 1 aromatic heterocycles. The third-order valence-electron chi connectivity index (χ3n) is 3.75. The summed E-state index contributed by atoms with van der Waals surface area (Å²) in [5.41, 5.74) is 1.88. The minimum atomic E-state index is -0.182. The van der Waals surface area contributed by atoms with Gasteiger partial charge in [0.2, 0.25) is 0 Å². The zero-order valence-electron chi connectivity index (χ0n) is 14.6. The van der Waals surface area contributed by atoms with Crippen molar-refractivity contribution in [2.45, 2.75) is 32.0 Å². The monoisotopic (exact) mass is 357 g/mol. The van der Waals surface area contributed by atoms with Gasteiger partial charge >= 0.3 is 0 Å². The van der Waals surface area contributed by atoms with Crippen LogP contribution in [0.2, 0.25) is 0 Å². The minimum absolute atomic E-state index is 0.182. The van der Waals surface area contributed by atoms with Crippen molar-refractivity contribution in [2.75, 3.05) is 26.4 Å². The van der Waals surface area contributed by atoms with E-state index < -0.39 is 0 Å². The van der Waals surface area contributed by atoms with Crippen molar-refractivity contribution in [3.8, 4) is 12.3 Å². The molecule has 26 heavy (non-hydrogen) atoms. The van der Waals surface area contributed by atoms with Crippen molar-refractivity contribution in [3.63, 3.8) is 0 Å². The number of epoxide rings is 1. The van der Waals surface area contributed by atoms with Crippen molar-refractivity contribution in [1.82, 2.24) is 15.0 Å². The summed E-state index contributed by atoms with van der Waals surface area (Å²) in [5.74, 6) is 2.46. The molecule has 0 spiro atoms. The Hall–Kier alpha value is -2.24. The molecule has 1 aliphatic rings. The number of hydrogen-bond acceptors (Lipinski definition) is 6. The van der Waals surface area contributed by atoms with Gasteiger partial charge in [0, 0.05) is 0 Å². The predicted molar refractivity (Wildman–Crippen MR) is 94.1 cm³/mol. The Bertz CT molecular complexity index is 694. The molecule has 0 saturated carbocycles. The second-order valence-corrected chi connectivity index (χ2v) is 6.04. The van der Waals surface area contributed by atoms with E-state index in [0.29, 0.717) is 33.0 Å². The Labute approximate surface area is 153 Å². The number of rotatable bonds is 12. The lowest BCUT2D eigenvalue weighted by molar-refractivity contribution is -0.0279. The van der Waals surface area contributed by atoms with Gasteiger partial charge in [0.15, 0.2) is 0 Å². The van der Waals surface area contributed by atoms with Gasteiger partial charge in [-0.15, -0.1) is 11.5 Å². The lowest BCUT2D eigenvalue weighted by Crippen LogP contribution is -2.26. The number of nitrogens with zero attached hydrogens (tertiary/aromatic N) is 3. The quantitative estimate of drug-likeness (QED) is 0.325. The van der Waals surface area contributed by atoms with Gasteiger partial charge in [-0.25, -0.2) is 4.68 Å². The standard InChI is InChI=1S/C19H23N3O4/c1-2-8-23-13-18(25-11-16-6-4-3-5-7-16)10-22-9-17(20-21-22)12-24-14-19-15-26-19/h1,3-7,9,18-19H,8,10-15H2/t18-,19+/m1/s1. The van der Waals surface area contributed by atoms with Crippen LogP contribution in [0.3, 0.4) is 0 Å². The Balaban J connectivity index is 1.48. The molecule has 1 aromatic carbocycles. The molecule has 2 heterocycles. The molecule has 0 radical (unpaired) electrons. The van der Waals surface area contributed by atoms with Gasteiger partial charge in [0.25, 0.3) is 0 Å². The zero-order valence-corrected chi connectivity index (χ0v) is 14.6. The SMILES string of the molecule is C#CCOC[C@@H](Cn1cc(COC[C@H]2CO2)nn1)OCc1ccccc1. The molecule has 2 aromatic rings. The van der Waals surface area contributed by atoms with Crippen molar-refractivity contribution < 1.29 is 18.9 Å². The second-order valence-electron chi connectivity index (χ2n) is 6.04. The van der Waals surface area contributed by atoms with Crippen LogP contribution < -0.4 is 0 Å². The molecule has 7 heteroatoms. The zero-order chi connectivity index (χ0) is 18.0. The third-order valence-corrected chi connectivity index (χ3v) is 3.75. The summed E-state index contributed by atoms with van der Waals surface area (Å²) in [5, 5.41) is 8.25. The summed E-state index contributed by atoms with van der Waals surface area (Å²) in [7, 11) is 0. The first-order valence-corrected chi connectivity index (χ1v) is 8.58. The van der Waals surface area contributed by atoms with Crippen LogP contribution in [-0.2, 0) is 38.7 Å². The van der Waals surface area contributed by atoms with Gasteiger partial charge in [0.1, 0.15) is 24.5 Å². The number of terminal acetylenes is 1. The van der Waals surface area contributed by atoms with Gasteiger partial charge < -0.3 is 18.9 Å². The Morgan fingerprint density at radius 2 is 2.12 bits per heavy atom. The fourth-order valence-corrected chi connectivity index (χ4v) is 2.35. The first-order valence-electron chi connectivity index (χ1n) is 8.58. The van der Waals surface area contributed by atoms with E-state index in [4.69, 9.17) is 25.4 Å². The van der Waals surface area contributed by atoms with E-state index in [1.165, 1.54) is 0 Å². The topological polar surface area (TPSA) is 70.9 Å². The van der Waals surface area contributed by atoms with E-state index in [1.54, 1.807) is 4.68 Å². The Morgan fingerprint density at radius 1 is 1.27 bits per heavy atom. The number of benzene rings is 1. The van der Waals surface area contributed by atoms with Gasteiger partial charge in [-0.05, 0) is 5.56 Å². The molecular formula is C19H23N3O4. The van der Waals surface area contributed by atoms with E-state index in [2.05, 4.69) is 16.2 Å². The number of ether oxygens (including phenoxy) is 4.